The van der Waals surface area contributed by atoms with Crippen LogP contribution in [-0.2, 0) is 10.1 Å². The molecule has 0 saturated heterocycles. The van der Waals surface area contributed by atoms with E-state index < -0.39 is 15.4 Å². The van der Waals surface area contributed by atoms with Crippen LogP contribution in [0.4, 0.5) is 0 Å². The van der Waals surface area contributed by atoms with Gasteiger partial charge in [-0.1, -0.05) is 0 Å². The SMILES string of the molecule is O=S(=O)(O)C([CH]O)[CH]O. The van der Waals surface area contributed by atoms with Gasteiger partial charge in [-0.25, -0.2) is 0 Å². The lowest BCUT2D eigenvalue weighted by atomic mass is 10.5. The summed E-state index contributed by atoms with van der Waals surface area (Å²) in [4.78, 5) is 0. The highest BCUT2D eigenvalue weighted by Gasteiger charge is 2.21. The van der Waals surface area contributed by atoms with Gasteiger partial charge >= 0.3 is 0 Å². The molecule has 0 rings (SSSR count). The molecule has 0 aliphatic rings. The quantitative estimate of drug-likeness (QED) is 0.468. The predicted octanol–water partition coefficient (Wildman–Crippen LogP) is -0.689. The van der Waals surface area contributed by atoms with E-state index in [0.29, 0.717) is 0 Å². The predicted molar refractivity (Wildman–Crippen MR) is 27.8 cm³/mol. The van der Waals surface area contributed by atoms with Crippen molar-refractivity contribution in [3.8, 4) is 0 Å². The average molecular weight is 154 g/mol. The first kappa shape index (κ1) is 8.83. The molecular formula is C3H6O5S. The highest BCUT2D eigenvalue weighted by molar-refractivity contribution is 7.86. The van der Waals surface area contributed by atoms with Crippen molar-refractivity contribution in [2.24, 2.45) is 0 Å². The van der Waals surface area contributed by atoms with Crippen LogP contribution in [0.15, 0.2) is 0 Å². The second-order valence-corrected chi connectivity index (χ2v) is 2.85. The Labute approximate surface area is 52.7 Å². The number of aliphatic hydroxyl groups excluding tert-OH is 2. The zero-order chi connectivity index (χ0) is 7.49. The van der Waals surface area contributed by atoms with Crippen molar-refractivity contribution in [1.82, 2.24) is 0 Å². The largest absolute Gasteiger partial charge is 0.389 e. The third-order valence-corrected chi connectivity index (χ3v) is 1.57. The molecule has 6 heteroatoms. The summed E-state index contributed by atoms with van der Waals surface area (Å²) in [6.45, 7) is 0.324. The summed E-state index contributed by atoms with van der Waals surface area (Å²) in [5.74, 6) is 0. The zero-order valence-corrected chi connectivity index (χ0v) is 5.11. The number of hydrogen-bond donors (Lipinski definition) is 3. The van der Waals surface area contributed by atoms with Crippen molar-refractivity contribution in [1.29, 1.82) is 0 Å². The van der Waals surface area contributed by atoms with Crippen LogP contribution in [0.5, 0.6) is 0 Å². The Morgan fingerprint density at radius 3 is 1.56 bits per heavy atom. The van der Waals surface area contributed by atoms with E-state index in [2.05, 4.69) is 0 Å². The van der Waals surface area contributed by atoms with Gasteiger partial charge < -0.3 is 10.2 Å². The lowest BCUT2D eigenvalue weighted by Crippen LogP contribution is -2.21. The minimum Gasteiger partial charge on any atom is -0.389 e. The number of hydrogen-bond acceptors (Lipinski definition) is 4. The molecule has 0 amide bonds. The van der Waals surface area contributed by atoms with E-state index in [1.54, 1.807) is 0 Å². The van der Waals surface area contributed by atoms with Crippen LogP contribution >= 0.6 is 0 Å². The summed E-state index contributed by atoms with van der Waals surface area (Å²) in [6, 6.07) is 0. The van der Waals surface area contributed by atoms with Gasteiger partial charge in [-0.05, 0) is 0 Å². The second-order valence-electron chi connectivity index (χ2n) is 1.28. The number of aliphatic hydroxyl groups is 2. The Hall–Kier alpha value is -0.170. The monoisotopic (exact) mass is 154 g/mol. The molecule has 0 heterocycles. The molecule has 0 fully saturated rings. The van der Waals surface area contributed by atoms with E-state index in [-0.39, 0.29) is 13.2 Å². The molecule has 0 aromatic rings. The first-order valence-corrected chi connectivity index (χ1v) is 3.44. The van der Waals surface area contributed by atoms with Gasteiger partial charge in [-0.2, -0.15) is 8.42 Å². The fraction of sp³-hybridized carbons (Fsp3) is 0.333. The van der Waals surface area contributed by atoms with E-state index in [0.717, 1.165) is 0 Å². The zero-order valence-electron chi connectivity index (χ0n) is 4.30. The van der Waals surface area contributed by atoms with Gasteiger partial charge in [0.25, 0.3) is 10.1 Å². The maximum atomic E-state index is 9.97. The summed E-state index contributed by atoms with van der Waals surface area (Å²) in [5, 5.41) is 14.3. The van der Waals surface area contributed by atoms with Gasteiger partial charge in [0, 0.05) is 0 Å². The molecule has 0 saturated carbocycles. The van der Waals surface area contributed by atoms with Crippen LogP contribution in [0.3, 0.4) is 0 Å². The van der Waals surface area contributed by atoms with E-state index >= 15 is 0 Å². The molecule has 9 heavy (non-hydrogen) atoms. The van der Waals surface area contributed by atoms with Crippen LogP contribution in [0, 0.1) is 13.2 Å². The van der Waals surface area contributed by atoms with Crippen molar-refractivity contribution in [2.75, 3.05) is 0 Å². The van der Waals surface area contributed by atoms with Gasteiger partial charge in [0.1, 0.15) is 18.5 Å². The molecule has 0 unspecified atom stereocenters. The lowest BCUT2D eigenvalue weighted by Gasteiger charge is -2.02. The normalized spacial score (nSPS) is 12.4. The van der Waals surface area contributed by atoms with Crippen molar-refractivity contribution >= 4 is 10.1 Å². The van der Waals surface area contributed by atoms with Crippen molar-refractivity contribution < 1.29 is 23.2 Å². The summed E-state index contributed by atoms with van der Waals surface area (Å²) < 4.78 is 28.0. The molecule has 5 nitrogen and oxygen atoms in total. The Balaban J connectivity index is 4.14. The van der Waals surface area contributed by atoms with Crippen molar-refractivity contribution in [2.45, 2.75) is 5.25 Å². The van der Waals surface area contributed by atoms with E-state index in [4.69, 9.17) is 14.8 Å². The van der Waals surface area contributed by atoms with E-state index in [1.807, 2.05) is 0 Å². The highest BCUT2D eigenvalue weighted by atomic mass is 32.2. The second kappa shape index (κ2) is 3.11. The summed E-state index contributed by atoms with van der Waals surface area (Å²) in [5.41, 5.74) is 0. The Morgan fingerprint density at radius 1 is 1.22 bits per heavy atom. The van der Waals surface area contributed by atoms with E-state index in [1.165, 1.54) is 0 Å². The van der Waals surface area contributed by atoms with Crippen LogP contribution in [-0.4, -0.2) is 28.4 Å². The fourth-order valence-electron chi connectivity index (χ4n) is 0.192. The Kier molecular flexibility index (Phi) is 3.06. The van der Waals surface area contributed by atoms with Crippen LogP contribution in [0.25, 0.3) is 0 Å². The van der Waals surface area contributed by atoms with Gasteiger partial charge in [-0.3, -0.25) is 4.55 Å². The van der Waals surface area contributed by atoms with Gasteiger partial charge in [0.15, 0.2) is 0 Å². The third-order valence-electron chi connectivity index (χ3n) is 0.638. The van der Waals surface area contributed by atoms with Crippen LogP contribution in [0.1, 0.15) is 0 Å². The topological polar surface area (TPSA) is 94.8 Å². The molecule has 54 valence electrons. The molecular weight excluding hydrogens is 148 g/mol. The molecule has 0 aromatic heterocycles. The maximum Gasteiger partial charge on any atom is 0.273 e. The third kappa shape index (κ3) is 2.75. The summed E-state index contributed by atoms with van der Waals surface area (Å²) in [6.07, 6.45) is 0. The molecule has 0 aromatic carbocycles. The number of rotatable bonds is 3. The molecule has 2 radical (unpaired) electrons. The molecule has 0 atom stereocenters. The summed E-state index contributed by atoms with van der Waals surface area (Å²) in [7, 11) is -4.38. The van der Waals surface area contributed by atoms with Crippen molar-refractivity contribution in [3.05, 3.63) is 13.2 Å². The van der Waals surface area contributed by atoms with Gasteiger partial charge in [-0.15, -0.1) is 0 Å². The molecule has 0 aliphatic heterocycles. The lowest BCUT2D eigenvalue weighted by molar-refractivity contribution is 0.316. The van der Waals surface area contributed by atoms with Crippen molar-refractivity contribution in [3.63, 3.8) is 0 Å². The molecule has 0 aliphatic carbocycles. The standard InChI is InChI=1S/C3H6O5S/c4-1-3(2-5)9(6,7)8/h1-5H,(H,6,7,8). The van der Waals surface area contributed by atoms with E-state index in [9.17, 15) is 8.42 Å². The van der Waals surface area contributed by atoms with Gasteiger partial charge in [0.05, 0.1) is 0 Å². The van der Waals surface area contributed by atoms with Crippen LogP contribution in [0.2, 0.25) is 0 Å². The Bertz CT molecular complexity index is 155. The fourth-order valence-corrected chi connectivity index (χ4v) is 0.500. The van der Waals surface area contributed by atoms with Crippen LogP contribution < -0.4 is 0 Å². The maximum absolute atomic E-state index is 9.97. The average Bonchev–Trinajstić information content (AvgIpc) is 1.65. The minimum absolute atomic E-state index is 0.162. The van der Waals surface area contributed by atoms with Gasteiger partial charge in [0.2, 0.25) is 0 Å². The molecule has 3 N–H and O–H groups in total. The summed E-state index contributed by atoms with van der Waals surface area (Å²) >= 11 is 0. The highest BCUT2D eigenvalue weighted by Crippen LogP contribution is 2.01. The first-order chi connectivity index (χ1) is 4.02. The molecule has 0 spiro atoms. The first-order valence-electron chi connectivity index (χ1n) is 1.93. The minimum atomic E-state index is -4.38. The smallest absolute Gasteiger partial charge is 0.273 e. The molecule has 0 bridgehead atoms. The Morgan fingerprint density at radius 2 is 1.56 bits per heavy atom.